The van der Waals surface area contributed by atoms with Crippen molar-refractivity contribution in [2.75, 3.05) is 5.33 Å². The maximum absolute atomic E-state index is 13.4. The van der Waals surface area contributed by atoms with Crippen molar-refractivity contribution in [3.63, 3.8) is 0 Å². The Labute approximate surface area is 123 Å². The summed E-state index contributed by atoms with van der Waals surface area (Å²) in [4.78, 5) is 12.1. The molecule has 1 aliphatic rings. The van der Waals surface area contributed by atoms with Crippen LogP contribution >= 0.6 is 31.9 Å². The predicted octanol–water partition coefficient (Wildman–Crippen LogP) is 3.88. The van der Waals surface area contributed by atoms with Crippen LogP contribution in [0.1, 0.15) is 29.6 Å². The van der Waals surface area contributed by atoms with E-state index in [1.54, 1.807) is 12.1 Å². The molecule has 2 unspecified atom stereocenters. The summed E-state index contributed by atoms with van der Waals surface area (Å²) < 4.78 is 13.6. The Balaban J connectivity index is 2.10. The van der Waals surface area contributed by atoms with Crippen LogP contribution in [0.2, 0.25) is 0 Å². The zero-order valence-electron chi connectivity index (χ0n) is 9.76. The fraction of sp³-hybridized carbons (Fsp3) is 0.462. The highest BCUT2D eigenvalue weighted by atomic mass is 79.9. The van der Waals surface area contributed by atoms with Crippen molar-refractivity contribution in [1.82, 2.24) is 5.32 Å². The van der Waals surface area contributed by atoms with Gasteiger partial charge in [-0.1, -0.05) is 28.4 Å². The maximum Gasteiger partial charge on any atom is 0.252 e. The first-order chi connectivity index (χ1) is 8.63. The van der Waals surface area contributed by atoms with Crippen LogP contribution in [0.15, 0.2) is 22.7 Å². The summed E-state index contributed by atoms with van der Waals surface area (Å²) in [6, 6.07) is 4.69. The number of benzene rings is 1. The summed E-state index contributed by atoms with van der Waals surface area (Å²) in [5, 5.41) is 3.89. The monoisotopic (exact) mass is 377 g/mol. The van der Waals surface area contributed by atoms with Gasteiger partial charge in [0.05, 0.1) is 10.0 Å². The van der Waals surface area contributed by atoms with Gasteiger partial charge in [0.15, 0.2) is 0 Å². The molecule has 0 bridgehead atoms. The van der Waals surface area contributed by atoms with Crippen molar-refractivity contribution < 1.29 is 9.18 Å². The first kappa shape index (κ1) is 14.0. The Hall–Kier alpha value is -0.420. The summed E-state index contributed by atoms with van der Waals surface area (Å²) in [5.41, 5.74) is 0.357. The third kappa shape index (κ3) is 2.94. The van der Waals surface area contributed by atoms with Gasteiger partial charge in [-0.2, -0.15) is 0 Å². The quantitative estimate of drug-likeness (QED) is 0.794. The molecule has 1 aliphatic carbocycles. The number of nitrogens with one attached hydrogen (secondary N) is 1. The Morgan fingerprint density at radius 2 is 2.22 bits per heavy atom. The second-order valence-corrected chi connectivity index (χ2v) is 5.97. The lowest BCUT2D eigenvalue weighted by Crippen LogP contribution is -2.38. The highest BCUT2D eigenvalue weighted by molar-refractivity contribution is 9.10. The Kier molecular flexibility index (Phi) is 4.78. The number of amides is 1. The van der Waals surface area contributed by atoms with Crippen LogP contribution in [0.25, 0.3) is 0 Å². The molecule has 0 aliphatic heterocycles. The molecule has 0 saturated heterocycles. The minimum absolute atomic E-state index is 0.187. The molecular weight excluding hydrogens is 365 g/mol. The molecule has 0 radical (unpaired) electrons. The van der Waals surface area contributed by atoms with E-state index in [4.69, 9.17) is 0 Å². The Morgan fingerprint density at radius 3 is 2.94 bits per heavy atom. The van der Waals surface area contributed by atoms with Crippen LogP contribution in [0.4, 0.5) is 4.39 Å². The molecule has 0 aromatic heterocycles. The Morgan fingerprint density at radius 1 is 1.44 bits per heavy atom. The van der Waals surface area contributed by atoms with E-state index in [1.165, 1.54) is 6.07 Å². The van der Waals surface area contributed by atoms with Gasteiger partial charge in [-0.3, -0.25) is 4.79 Å². The van der Waals surface area contributed by atoms with Gasteiger partial charge in [-0.05, 0) is 46.8 Å². The Bertz CT molecular complexity index is 453. The van der Waals surface area contributed by atoms with Gasteiger partial charge >= 0.3 is 0 Å². The lowest BCUT2D eigenvalue weighted by Gasteiger charge is -2.19. The second kappa shape index (κ2) is 6.15. The van der Waals surface area contributed by atoms with Gasteiger partial charge in [0, 0.05) is 11.4 Å². The minimum Gasteiger partial charge on any atom is -0.349 e. The topological polar surface area (TPSA) is 29.1 Å². The molecule has 1 aromatic rings. The molecular formula is C13H14Br2FNO. The summed E-state index contributed by atoms with van der Waals surface area (Å²) >= 11 is 6.59. The van der Waals surface area contributed by atoms with E-state index in [2.05, 4.69) is 37.2 Å². The molecule has 1 amide bonds. The molecule has 0 spiro atoms. The van der Waals surface area contributed by atoms with Gasteiger partial charge in [-0.15, -0.1) is 0 Å². The number of hydrogen-bond acceptors (Lipinski definition) is 1. The van der Waals surface area contributed by atoms with Gasteiger partial charge in [0.25, 0.3) is 5.91 Å². The van der Waals surface area contributed by atoms with E-state index >= 15 is 0 Å². The highest BCUT2D eigenvalue weighted by Crippen LogP contribution is 2.28. The summed E-state index contributed by atoms with van der Waals surface area (Å²) in [6.07, 6.45) is 3.25. The van der Waals surface area contributed by atoms with E-state index in [9.17, 15) is 9.18 Å². The van der Waals surface area contributed by atoms with Crippen LogP contribution in [0.5, 0.6) is 0 Å². The van der Waals surface area contributed by atoms with E-state index in [0.29, 0.717) is 11.5 Å². The van der Waals surface area contributed by atoms with Crippen molar-refractivity contribution in [3.05, 3.63) is 34.1 Å². The second-order valence-electron chi connectivity index (χ2n) is 4.53. The predicted molar refractivity (Wildman–Crippen MR) is 76.5 cm³/mol. The minimum atomic E-state index is -0.411. The molecule has 5 heteroatoms. The number of carbonyl (C=O) groups is 1. The number of hydrogen-bond donors (Lipinski definition) is 1. The fourth-order valence-electron chi connectivity index (χ4n) is 2.34. The van der Waals surface area contributed by atoms with Crippen molar-refractivity contribution in [2.45, 2.75) is 25.3 Å². The molecule has 98 valence electrons. The zero-order valence-corrected chi connectivity index (χ0v) is 12.9. The van der Waals surface area contributed by atoms with Crippen molar-refractivity contribution in [3.8, 4) is 0 Å². The molecule has 2 nitrogen and oxygen atoms in total. The van der Waals surface area contributed by atoms with Crippen LogP contribution in [0, 0.1) is 11.7 Å². The lowest BCUT2D eigenvalue weighted by molar-refractivity contribution is 0.0929. The third-order valence-electron chi connectivity index (χ3n) is 3.37. The SMILES string of the molecule is O=C(NC1CCCC1CBr)c1cccc(F)c1Br. The molecule has 1 fully saturated rings. The van der Waals surface area contributed by atoms with Crippen molar-refractivity contribution >= 4 is 37.8 Å². The van der Waals surface area contributed by atoms with Crippen molar-refractivity contribution in [1.29, 1.82) is 0 Å². The molecule has 18 heavy (non-hydrogen) atoms. The zero-order chi connectivity index (χ0) is 13.1. The average Bonchev–Trinajstić information content (AvgIpc) is 2.79. The normalized spacial score (nSPS) is 23.1. The van der Waals surface area contributed by atoms with Gasteiger partial charge in [0.1, 0.15) is 5.82 Å². The van der Waals surface area contributed by atoms with Crippen LogP contribution in [-0.4, -0.2) is 17.3 Å². The molecule has 1 N–H and O–H groups in total. The number of alkyl halides is 1. The maximum atomic E-state index is 13.4. The fourth-order valence-corrected chi connectivity index (χ4v) is 3.56. The highest BCUT2D eigenvalue weighted by Gasteiger charge is 2.28. The van der Waals surface area contributed by atoms with E-state index in [0.717, 1.165) is 24.6 Å². The molecule has 2 atom stereocenters. The van der Waals surface area contributed by atoms with E-state index in [1.807, 2.05) is 0 Å². The van der Waals surface area contributed by atoms with Gasteiger partial charge in [-0.25, -0.2) is 4.39 Å². The van der Waals surface area contributed by atoms with Crippen LogP contribution in [-0.2, 0) is 0 Å². The standard InChI is InChI=1S/C13H14Br2FNO/c14-7-8-3-1-6-11(8)17-13(18)9-4-2-5-10(16)12(9)15/h2,4-5,8,11H,1,3,6-7H2,(H,17,18). The smallest absolute Gasteiger partial charge is 0.252 e. The van der Waals surface area contributed by atoms with Crippen LogP contribution in [0.3, 0.4) is 0 Å². The molecule has 1 saturated carbocycles. The number of halogens is 3. The largest absolute Gasteiger partial charge is 0.349 e. The van der Waals surface area contributed by atoms with Gasteiger partial charge < -0.3 is 5.32 Å². The first-order valence-corrected chi connectivity index (χ1v) is 7.85. The van der Waals surface area contributed by atoms with E-state index < -0.39 is 5.82 Å². The summed E-state index contributed by atoms with van der Waals surface area (Å²) in [6.45, 7) is 0. The summed E-state index contributed by atoms with van der Waals surface area (Å²) in [5.74, 6) is -0.147. The molecule has 2 rings (SSSR count). The van der Waals surface area contributed by atoms with Crippen LogP contribution < -0.4 is 5.32 Å². The van der Waals surface area contributed by atoms with Gasteiger partial charge in [0.2, 0.25) is 0 Å². The number of rotatable bonds is 3. The third-order valence-corrected chi connectivity index (χ3v) is 5.01. The number of carbonyl (C=O) groups excluding carboxylic acids is 1. The average molecular weight is 379 g/mol. The summed E-state index contributed by atoms with van der Waals surface area (Å²) in [7, 11) is 0. The lowest BCUT2D eigenvalue weighted by atomic mass is 10.1. The van der Waals surface area contributed by atoms with Crippen molar-refractivity contribution in [2.24, 2.45) is 5.92 Å². The molecule has 0 heterocycles. The first-order valence-electron chi connectivity index (χ1n) is 5.94. The molecule has 1 aromatic carbocycles. The van der Waals surface area contributed by atoms with E-state index in [-0.39, 0.29) is 16.4 Å².